The van der Waals surface area contributed by atoms with Crippen molar-refractivity contribution in [3.63, 3.8) is 0 Å². The smallest absolute Gasteiger partial charge is 0.223 e. The number of amides is 1. The van der Waals surface area contributed by atoms with Crippen molar-refractivity contribution < 1.29 is 9.21 Å². The maximum absolute atomic E-state index is 12.6. The van der Waals surface area contributed by atoms with Crippen molar-refractivity contribution in [2.75, 3.05) is 13.1 Å². The van der Waals surface area contributed by atoms with E-state index in [1.807, 2.05) is 31.7 Å². The highest BCUT2D eigenvalue weighted by atomic mass is 16.4. The number of hydrogen-bond donors (Lipinski definition) is 0. The molecule has 2 aromatic heterocycles. The number of likely N-dealkylation sites (tertiary alicyclic amines) is 1. The molecule has 140 valence electrons. The number of carbonyl (C=O) groups excluding carboxylic acids is 1. The number of aryl methyl sites for hydroxylation is 2. The van der Waals surface area contributed by atoms with Crippen LogP contribution in [-0.2, 0) is 17.6 Å². The van der Waals surface area contributed by atoms with Gasteiger partial charge in [0.2, 0.25) is 17.7 Å². The fraction of sp³-hybridized carbons (Fsp3) is 0.600. The third kappa shape index (κ3) is 4.90. The van der Waals surface area contributed by atoms with Gasteiger partial charge in [0, 0.05) is 43.2 Å². The molecule has 0 spiro atoms. The molecule has 6 heteroatoms. The van der Waals surface area contributed by atoms with E-state index in [1.54, 1.807) is 0 Å². The molecule has 1 atom stereocenters. The minimum atomic E-state index is 0.177. The minimum absolute atomic E-state index is 0.177. The predicted molar refractivity (Wildman–Crippen MR) is 98.7 cm³/mol. The second-order valence-electron chi connectivity index (χ2n) is 7.51. The molecule has 3 heterocycles. The van der Waals surface area contributed by atoms with Crippen molar-refractivity contribution in [2.45, 2.75) is 58.8 Å². The number of carbonyl (C=O) groups is 1. The van der Waals surface area contributed by atoms with E-state index in [-0.39, 0.29) is 11.8 Å². The molecule has 0 N–H and O–H groups in total. The van der Waals surface area contributed by atoms with Crippen LogP contribution in [0.2, 0.25) is 0 Å². The van der Waals surface area contributed by atoms with Crippen molar-refractivity contribution in [1.29, 1.82) is 0 Å². The Hall–Kier alpha value is -2.24. The molecule has 1 saturated heterocycles. The Labute approximate surface area is 155 Å². The Morgan fingerprint density at radius 3 is 2.92 bits per heavy atom. The van der Waals surface area contributed by atoms with Gasteiger partial charge >= 0.3 is 0 Å². The van der Waals surface area contributed by atoms with E-state index >= 15 is 0 Å². The lowest BCUT2D eigenvalue weighted by molar-refractivity contribution is -0.133. The number of aromatic nitrogens is 3. The van der Waals surface area contributed by atoms with Gasteiger partial charge in [0.05, 0.1) is 0 Å². The molecule has 0 saturated carbocycles. The van der Waals surface area contributed by atoms with Crippen LogP contribution in [0.15, 0.2) is 22.6 Å². The first kappa shape index (κ1) is 18.5. The van der Waals surface area contributed by atoms with Gasteiger partial charge in [0.15, 0.2) is 0 Å². The Kier molecular flexibility index (Phi) is 6.01. The fourth-order valence-electron chi connectivity index (χ4n) is 3.44. The summed E-state index contributed by atoms with van der Waals surface area (Å²) in [6.45, 7) is 7.70. The van der Waals surface area contributed by atoms with Gasteiger partial charge in [-0.2, -0.15) is 0 Å². The molecular weight excluding hydrogens is 328 g/mol. The van der Waals surface area contributed by atoms with Crippen LogP contribution in [0.4, 0.5) is 0 Å². The average Bonchev–Trinajstić information content (AvgIpc) is 3.09. The van der Waals surface area contributed by atoms with Gasteiger partial charge in [-0.1, -0.05) is 19.9 Å². The van der Waals surface area contributed by atoms with Gasteiger partial charge in [0.1, 0.15) is 0 Å². The summed E-state index contributed by atoms with van der Waals surface area (Å²) in [5.41, 5.74) is 2.17. The zero-order valence-corrected chi connectivity index (χ0v) is 15.9. The van der Waals surface area contributed by atoms with Gasteiger partial charge in [-0.25, -0.2) is 0 Å². The third-order valence-corrected chi connectivity index (χ3v) is 4.84. The van der Waals surface area contributed by atoms with E-state index in [2.05, 4.69) is 27.3 Å². The Balaban J connectivity index is 1.50. The monoisotopic (exact) mass is 356 g/mol. The normalized spacial score (nSPS) is 17.7. The van der Waals surface area contributed by atoms with Gasteiger partial charge in [-0.15, -0.1) is 10.2 Å². The van der Waals surface area contributed by atoms with Crippen LogP contribution < -0.4 is 0 Å². The van der Waals surface area contributed by atoms with E-state index in [1.165, 1.54) is 0 Å². The molecule has 2 aromatic rings. The summed E-state index contributed by atoms with van der Waals surface area (Å²) in [6.07, 6.45) is 4.09. The Bertz CT molecular complexity index is 741. The van der Waals surface area contributed by atoms with Crippen molar-refractivity contribution >= 4 is 5.91 Å². The molecule has 1 fully saturated rings. The first-order valence-electron chi connectivity index (χ1n) is 9.54. The Morgan fingerprint density at radius 1 is 1.35 bits per heavy atom. The van der Waals surface area contributed by atoms with Gasteiger partial charge in [-0.3, -0.25) is 9.78 Å². The second kappa shape index (κ2) is 8.43. The molecule has 0 aromatic carbocycles. The fourth-order valence-corrected chi connectivity index (χ4v) is 3.44. The maximum atomic E-state index is 12.6. The highest BCUT2D eigenvalue weighted by Crippen LogP contribution is 2.21. The molecule has 6 nitrogen and oxygen atoms in total. The molecular formula is C20H28N4O2. The standard InChI is InChI=1S/C20H28N4O2/c1-14(2)20-23-22-18(26-20)9-10-19(25)24-11-5-7-16(13-24)12-17-8-4-6-15(3)21-17/h4,6,8,14,16H,5,7,9-13H2,1-3H3/t16-/m0/s1. The first-order chi connectivity index (χ1) is 12.5. The third-order valence-electron chi connectivity index (χ3n) is 4.84. The van der Waals surface area contributed by atoms with E-state index in [4.69, 9.17) is 4.42 Å². The first-order valence-corrected chi connectivity index (χ1v) is 9.54. The molecule has 1 aliphatic heterocycles. The summed E-state index contributed by atoms with van der Waals surface area (Å²) < 4.78 is 5.59. The molecule has 1 aliphatic rings. The van der Waals surface area contributed by atoms with E-state index in [9.17, 15) is 4.79 Å². The molecule has 0 unspecified atom stereocenters. The topological polar surface area (TPSA) is 72.1 Å². The largest absolute Gasteiger partial charge is 0.425 e. The molecule has 26 heavy (non-hydrogen) atoms. The SMILES string of the molecule is Cc1cccc(C[C@@H]2CCCN(C(=O)CCc3nnc(C(C)C)o3)C2)n1. The van der Waals surface area contributed by atoms with Crippen molar-refractivity contribution in [1.82, 2.24) is 20.1 Å². The molecule has 0 aliphatic carbocycles. The van der Waals surface area contributed by atoms with Crippen molar-refractivity contribution in [3.05, 3.63) is 41.4 Å². The molecule has 0 radical (unpaired) electrons. The Morgan fingerprint density at radius 2 is 2.19 bits per heavy atom. The van der Waals surface area contributed by atoms with Gasteiger partial charge in [0.25, 0.3) is 0 Å². The lowest BCUT2D eigenvalue weighted by Gasteiger charge is -2.32. The molecule has 3 rings (SSSR count). The highest BCUT2D eigenvalue weighted by Gasteiger charge is 2.24. The zero-order chi connectivity index (χ0) is 18.5. The quantitative estimate of drug-likeness (QED) is 0.794. The van der Waals surface area contributed by atoms with E-state index in [0.717, 1.165) is 43.7 Å². The molecule has 1 amide bonds. The van der Waals surface area contributed by atoms with Crippen LogP contribution in [0.5, 0.6) is 0 Å². The second-order valence-corrected chi connectivity index (χ2v) is 7.51. The minimum Gasteiger partial charge on any atom is -0.425 e. The van der Waals surface area contributed by atoms with Crippen molar-refractivity contribution in [2.24, 2.45) is 5.92 Å². The summed E-state index contributed by atoms with van der Waals surface area (Å²) in [5.74, 6) is 2.06. The summed E-state index contributed by atoms with van der Waals surface area (Å²) in [7, 11) is 0. The zero-order valence-electron chi connectivity index (χ0n) is 15.9. The lowest BCUT2D eigenvalue weighted by Crippen LogP contribution is -2.40. The number of pyridine rings is 1. The predicted octanol–water partition coefficient (Wildman–Crippen LogP) is 3.31. The summed E-state index contributed by atoms with van der Waals surface area (Å²) in [4.78, 5) is 19.2. The summed E-state index contributed by atoms with van der Waals surface area (Å²) in [5, 5.41) is 8.06. The number of hydrogen-bond acceptors (Lipinski definition) is 5. The van der Waals surface area contributed by atoms with Crippen LogP contribution in [0.1, 0.15) is 62.2 Å². The lowest BCUT2D eigenvalue weighted by atomic mass is 9.93. The summed E-state index contributed by atoms with van der Waals surface area (Å²) in [6, 6.07) is 6.15. The molecule has 0 bridgehead atoms. The van der Waals surface area contributed by atoms with Crippen LogP contribution in [0.3, 0.4) is 0 Å². The number of piperidine rings is 1. The number of rotatable bonds is 6. The van der Waals surface area contributed by atoms with Crippen LogP contribution >= 0.6 is 0 Å². The van der Waals surface area contributed by atoms with Crippen LogP contribution in [0, 0.1) is 12.8 Å². The number of nitrogens with zero attached hydrogens (tertiary/aromatic N) is 4. The van der Waals surface area contributed by atoms with Gasteiger partial charge in [-0.05, 0) is 44.2 Å². The summed E-state index contributed by atoms with van der Waals surface area (Å²) >= 11 is 0. The van der Waals surface area contributed by atoms with Crippen LogP contribution in [0.25, 0.3) is 0 Å². The van der Waals surface area contributed by atoms with Crippen molar-refractivity contribution in [3.8, 4) is 0 Å². The average molecular weight is 356 g/mol. The van der Waals surface area contributed by atoms with Crippen LogP contribution in [-0.4, -0.2) is 39.1 Å². The van der Waals surface area contributed by atoms with Gasteiger partial charge < -0.3 is 9.32 Å². The highest BCUT2D eigenvalue weighted by molar-refractivity contribution is 5.76. The van der Waals surface area contributed by atoms with E-state index < -0.39 is 0 Å². The van der Waals surface area contributed by atoms with E-state index in [0.29, 0.717) is 30.5 Å². The maximum Gasteiger partial charge on any atom is 0.223 e.